The van der Waals surface area contributed by atoms with E-state index in [4.69, 9.17) is 16.7 Å². The SMILES string of the molecule is O=C(O)c1cc(Br)cc(Sc2ccc(Cl)cn2)c1. The highest BCUT2D eigenvalue weighted by atomic mass is 79.9. The molecule has 0 amide bonds. The van der Waals surface area contributed by atoms with E-state index in [0.717, 1.165) is 14.4 Å². The Bertz CT molecular complexity index is 589. The summed E-state index contributed by atoms with van der Waals surface area (Å²) in [5.41, 5.74) is 0.237. The number of aromatic nitrogens is 1. The van der Waals surface area contributed by atoms with Crippen LogP contribution in [-0.2, 0) is 0 Å². The van der Waals surface area contributed by atoms with Crippen molar-refractivity contribution in [3.05, 3.63) is 51.6 Å². The van der Waals surface area contributed by atoms with Gasteiger partial charge >= 0.3 is 5.97 Å². The van der Waals surface area contributed by atoms with Crippen molar-refractivity contribution >= 4 is 45.3 Å². The van der Waals surface area contributed by atoms with Crippen LogP contribution in [0.1, 0.15) is 10.4 Å². The zero-order valence-corrected chi connectivity index (χ0v) is 12.1. The molecular formula is C12H7BrClNO2S. The lowest BCUT2D eigenvalue weighted by Gasteiger charge is -2.03. The molecule has 0 aliphatic rings. The van der Waals surface area contributed by atoms with Crippen molar-refractivity contribution in [1.82, 2.24) is 4.98 Å². The summed E-state index contributed by atoms with van der Waals surface area (Å²) in [6.07, 6.45) is 1.56. The predicted molar refractivity (Wildman–Crippen MR) is 74.5 cm³/mol. The van der Waals surface area contributed by atoms with E-state index in [1.54, 1.807) is 30.5 Å². The van der Waals surface area contributed by atoms with Gasteiger partial charge in [-0.1, -0.05) is 39.3 Å². The van der Waals surface area contributed by atoms with Gasteiger partial charge in [0.05, 0.1) is 10.6 Å². The second kappa shape index (κ2) is 5.73. The van der Waals surface area contributed by atoms with E-state index in [2.05, 4.69) is 20.9 Å². The Morgan fingerprint density at radius 2 is 2.11 bits per heavy atom. The molecule has 0 atom stereocenters. The molecule has 1 heterocycles. The lowest BCUT2D eigenvalue weighted by Crippen LogP contribution is -1.96. The molecule has 0 unspecified atom stereocenters. The minimum absolute atomic E-state index is 0.237. The Kier molecular flexibility index (Phi) is 4.27. The van der Waals surface area contributed by atoms with Crippen LogP contribution in [0.15, 0.2) is 50.9 Å². The van der Waals surface area contributed by atoms with Crippen LogP contribution in [0, 0.1) is 0 Å². The molecule has 92 valence electrons. The first-order valence-electron chi connectivity index (χ1n) is 4.88. The first kappa shape index (κ1) is 13.4. The maximum atomic E-state index is 10.9. The number of halogens is 2. The molecule has 0 saturated heterocycles. The summed E-state index contributed by atoms with van der Waals surface area (Å²) >= 11 is 10.4. The Morgan fingerprint density at radius 3 is 2.72 bits per heavy atom. The molecule has 0 radical (unpaired) electrons. The molecule has 18 heavy (non-hydrogen) atoms. The van der Waals surface area contributed by atoms with E-state index in [-0.39, 0.29) is 5.56 Å². The average molecular weight is 345 g/mol. The molecule has 0 aliphatic carbocycles. The fraction of sp³-hybridized carbons (Fsp3) is 0. The van der Waals surface area contributed by atoms with E-state index >= 15 is 0 Å². The van der Waals surface area contributed by atoms with E-state index in [1.165, 1.54) is 11.8 Å². The molecule has 1 N–H and O–H groups in total. The topological polar surface area (TPSA) is 50.2 Å². The molecule has 0 bridgehead atoms. The van der Waals surface area contributed by atoms with Crippen molar-refractivity contribution in [1.29, 1.82) is 0 Å². The molecule has 0 fully saturated rings. The van der Waals surface area contributed by atoms with E-state index in [0.29, 0.717) is 5.02 Å². The van der Waals surface area contributed by atoms with Crippen molar-refractivity contribution in [3.63, 3.8) is 0 Å². The summed E-state index contributed by atoms with van der Waals surface area (Å²) < 4.78 is 0.721. The third kappa shape index (κ3) is 3.48. The van der Waals surface area contributed by atoms with Crippen LogP contribution >= 0.6 is 39.3 Å². The minimum atomic E-state index is -0.956. The quantitative estimate of drug-likeness (QED) is 0.899. The lowest BCUT2D eigenvalue weighted by molar-refractivity contribution is 0.0696. The minimum Gasteiger partial charge on any atom is -0.478 e. The third-order valence-electron chi connectivity index (χ3n) is 2.04. The summed E-state index contributed by atoms with van der Waals surface area (Å²) in [4.78, 5) is 15.9. The molecule has 0 spiro atoms. The molecule has 6 heteroatoms. The highest BCUT2D eigenvalue weighted by Gasteiger charge is 2.07. The molecule has 2 rings (SSSR count). The van der Waals surface area contributed by atoms with Crippen LogP contribution in [0.5, 0.6) is 0 Å². The van der Waals surface area contributed by atoms with Gasteiger partial charge in [0.15, 0.2) is 0 Å². The van der Waals surface area contributed by atoms with Gasteiger partial charge < -0.3 is 5.11 Å². The monoisotopic (exact) mass is 343 g/mol. The summed E-state index contributed by atoms with van der Waals surface area (Å²) in [5.74, 6) is -0.956. The zero-order chi connectivity index (χ0) is 13.1. The Morgan fingerprint density at radius 1 is 1.33 bits per heavy atom. The molecule has 1 aromatic heterocycles. The van der Waals surface area contributed by atoms with Crippen LogP contribution in [-0.4, -0.2) is 16.1 Å². The maximum Gasteiger partial charge on any atom is 0.335 e. The maximum absolute atomic E-state index is 10.9. The number of hydrogen-bond acceptors (Lipinski definition) is 3. The summed E-state index contributed by atoms with van der Waals surface area (Å²) in [6.45, 7) is 0. The molecular weight excluding hydrogens is 338 g/mol. The molecule has 0 saturated carbocycles. The van der Waals surface area contributed by atoms with Gasteiger partial charge in [0.25, 0.3) is 0 Å². The van der Waals surface area contributed by atoms with Crippen molar-refractivity contribution in [2.45, 2.75) is 9.92 Å². The second-order valence-corrected chi connectivity index (χ2v) is 5.84. The first-order chi connectivity index (χ1) is 8.54. The third-order valence-corrected chi connectivity index (χ3v) is 3.64. The molecule has 1 aromatic carbocycles. The van der Waals surface area contributed by atoms with Crippen molar-refractivity contribution < 1.29 is 9.90 Å². The fourth-order valence-corrected chi connectivity index (χ4v) is 2.90. The van der Waals surface area contributed by atoms with Crippen LogP contribution < -0.4 is 0 Å². The summed E-state index contributed by atoms with van der Waals surface area (Å²) in [7, 11) is 0. The lowest BCUT2D eigenvalue weighted by atomic mass is 10.2. The number of pyridine rings is 1. The van der Waals surface area contributed by atoms with Crippen LogP contribution in [0.4, 0.5) is 0 Å². The zero-order valence-electron chi connectivity index (χ0n) is 8.93. The number of rotatable bonds is 3. The van der Waals surface area contributed by atoms with Gasteiger partial charge in [-0.25, -0.2) is 9.78 Å². The number of benzene rings is 1. The fourth-order valence-electron chi connectivity index (χ4n) is 1.29. The summed E-state index contributed by atoms with van der Waals surface area (Å²) in [5, 5.41) is 10.3. The van der Waals surface area contributed by atoms with Crippen molar-refractivity contribution in [2.75, 3.05) is 0 Å². The number of carboxylic acid groups (broad SMARTS) is 1. The summed E-state index contributed by atoms with van der Waals surface area (Å²) in [6, 6.07) is 8.53. The van der Waals surface area contributed by atoms with E-state index in [1.807, 2.05) is 6.07 Å². The number of nitrogens with zero attached hydrogens (tertiary/aromatic N) is 1. The second-order valence-electron chi connectivity index (χ2n) is 3.40. The Balaban J connectivity index is 2.28. The number of aromatic carboxylic acids is 1. The van der Waals surface area contributed by atoms with Gasteiger partial charge in [0.2, 0.25) is 0 Å². The molecule has 3 nitrogen and oxygen atoms in total. The van der Waals surface area contributed by atoms with Gasteiger partial charge in [-0.3, -0.25) is 0 Å². The number of carboxylic acids is 1. The smallest absolute Gasteiger partial charge is 0.335 e. The largest absolute Gasteiger partial charge is 0.478 e. The number of carbonyl (C=O) groups is 1. The Labute approximate surface area is 121 Å². The van der Waals surface area contributed by atoms with Crippen molar-refractivity contribution in [3.8, 4) is 0 Å². The average Bonchev–Trinajstić information content (AvgIpc) is 2.31. The van der Waals surface area contributed by atoms with Gasteiger partial charge in [-0.2, -0.15) is 0 Å². The number of hydrogen-bond donors (Lipinski definition) is 1. The van der Waals surface area contributed by atoms with Gasteiger partial charge in [0, 0.05) is 15.6 Å². The van der Waals surface area contributed by atoms with Crippen LogP contribution in [0.25, 0.3) is 0 Å². The van der Waals surface area contributed by atoms with Crippen LogP contribution in [0.3, 0.4) is 0 Å². The van der Waals surface area contributed by atoms with E-state index < -0.39 is 5.97 Å². The molecule has 2 aromatic rings. The Hall–Kier alpha value is -1.04. The first-order valence-corrected chi connectivity index (χ1v) is 6.86. The highest BCUT2D eigenvalue weighted by molar-refractivity contribution is 9.10. The van der Waals surface area contributed by atoms with E-state index in [9.17, 15) is 4.79 Å². The predicted octanol–water partition coefficient (Wildman–Crippen LogP) is 4.35. The van der Waals surface area contributed by atoms with Gasteiger partial charge in [-0.05, 0) is 30.3 Å². The highest BCUT2D eigenvalue weighted by Crippen LogP contribution is 2.30. The van der Waals surface area contributed by atoms with Gasteiger partial charge in [-0.15, -0.1) is 0 Å². The standard InChI is InChI=1S/C12H7BrClNO2S/c13-8-3-7(12(16)17)4-10(5-8)18-11-2-1-9(14)6-15-11/h1-6H,(H,16,17). The van der Waals surface area contributed by atoms with Crippen LogP contribution in [0.2, 0.25) is 5.02 Å². The molecule has 0 aliphatic heterocycles. The van der Waals surface area contributed by atoms with Crippen molar-refractivity contribution in [2.24, 2.45) is 0 Å². The van der Waals surface area contributed by atoms with Gasteiger partial charge in [0.1, 0.15) is 5.03 Å². The normalized spacial score (nSPS) is 10.3.